The number of benzene rings is 1. The highest BCUT2D eigenvalue weighted by Gasteiger charge is 2.52. The third kappa shape index (κ3) is 2.49. The van der Waals surface area contributed by atoms with Crippen LogP contribution < -0.4 is 4.90 Å². The maximum Gasteiger partial charge on any atom is 0.312 e. The quantitative estimate of drug-likeness (QED) is 0.630. The van der Waals surface area contributed by atoms with Gasteiger partial charge < -0.3 is 19.4 Å². The molecule has 0 aliphatic carbocycles. The number of amides is 3. The molecule has 3 aliphatic rings. The minimum Gasteiger partial charge on any atom is -0.378 e. The van der Waals surface area contributed by atoms with Crippen molar-refractivity contribution in [2.24, 2.45) is 0 Å². The van der Waals surface area contributed by atoms with E-state index in [2.05, 4.69) is 0 Å². The molecule has 7 nitrogen and oxygen atoms in total. The predicted octanol–water partition coefficient (Wildman–Crippen LogP) is 0.382. The minimum atomic E-state index is -0.732. The Kier molecular flexibility index (Phi) is 4.19. The van der Waals surface area contributed by atoms with Crippen LogP contribution in [-0.4, -0.2) is 74.0 Å². The number of para-hydroxylation sites is 1. The number of likely N-dealkylation sites (N-methyl/N-ethyl adjacent to an activating group) is 1. The number of hydrogen-bond donors (Lipinski definition) is 0. The van der Waals surface area contributed by atoms with Crippen molar-refractivity contribution in [3.63, 3.8) is 0 Å². The number of carbonyl (C=O) groups excluding carboxylic acids is 3. The summed E-state index contributed by atoms with van der Waals surface area (Å²) < 4.78 is 5.25. The molecule has 7 heteroatoms. The first-order valence-corrected chi connectivity index (χ1v) is 9.08. The molecule has 0 bridgehead atoms. The van der Waals surface area contributed by atoms with Gasteiger partial charge in [-0.05, 0) is 24.5 Å². The maximum absolute atomic E-state index is 13.1. The first kappa shape index (κ1) is 17.0. The van der Waals surface area contributed by atoms with E-state index in [0.717, 1.165) is 11.3 Å². The zero-order chi connectivity index (χ0) is 18.3. The van der Waals surface area contributed by atoms with Crippen LogP contribution >= 0.6 is 0 Å². The monoisotopic (exact) mass is 357 g/mol. The molecular weight excluding hydrogens is 334 g/mol. The number of carbonyl (C=O) groups is 3. The van der Waals surface area contributed by atoms with Crippen LogP contribution in [0.25, 0.3) is 0 Å². The van der Waals surface area contributed by atoms with Crippen molar-refractivity contribution < 1.29 is 19.1 Å². The second-order valence-corrected chi connectivity index (χ2v) is 7.20. The molecule has 0 saturated carbocycles. The Hall–Kier alpha value is -2.41. The van der Waals surface area contributed by atoms with E-state index in [4.69, 9.17) is 4.74 Å². The Morgan fingerprint density at radius 2 is 1.73 bits per heavy atom. The molecule has 1 atom stereocenters. The number of rotatable bonds is 0. The van der Waals surface area contributed by atoms with E-state index < -0.39 is 17.2 Å². The number of fused-ring (bicyclic) bond motifs is 2. The number of ether oxygens (including phenoxy) is 1. The second-order valence-electron chi connectivity index (χ2n) is 7.20. The molecule has 2 fully saturated rings. The van der Waals surface area contributed by atoms with Crippen LogP contribution in [0.3, 0.4) is 0 Å². The van der Waals surface area contributed by atoms with E-state index in [1.165, 1.54) is 0 Å². The summed E-state index contributed by atoms with van der Waals surface area (Å²) in [5, 5.41) is 0. The number of morpholine rings is 1. The van der Waals surface area contributed by atoms with Gasteiger partial charge in [0.15, 0.2) is 0 Å². The van der Waals surface area contributed by atoms with Crippen molar-refractivity contribution in [3.8, 4) is 0 Å². The molecule has 26 heavy (non-hydrogen) atoms. The average molecular weight is 357 g/mol. The van der Waals surface area contributed by atoms with Crippen molar-refractivity contribution in [1.82, 2.24) is 9.80 Å². The SMILES string of the molecule is CN1C(=O)[C@@]2(CCCN(C(=O)C(=O)N3CCOCC3)C2)c2ccccc21. The lowest BCUT2D eigenvalue weighted by Gasteiger charge is -2.40. The zero-order valence-electron chi connectivity index (χ0n) is 14.9. The molecule has 3 heterocycles. The largest absolute Gasteiger partial charge is 0.378 e. The molecule has 138 valence electrons. The van der Waals surface area contributed by atoms with Crippen LogP contribution in [0, 0.1) is 0 Å². The molecular formula is C19H23N3O4. The Morgan fingerprint density at radius 3 is 2.50 bits per heavy atom. The van der Waals surface area contributed by atoms with Crippen LogP contribution in [0.2, 0.25) is 0 Å². The summed E-state index contributed by atoms with van der Waals surface area (Å²) in [6, 6.07) is 7.73. The molecule has 3 aliphatic heterocycles. The molecule has 4 rings (SSSR count). The first-order chi connectivity index (χ1) is 12.5. The van der Waals surface area contributed by atoms with Gasteiger partial charge in [-0.3, -0.25) is 14.4 Å². The lowest BCUT2D eigenvalue weighted by molar-refractivity contribution is -0.155. The van der Waals surface area contributed by atoms with Crippen molar-refractivity contribution in [1.29, 1.82) is 0 Å². The summed E-state index contributed by atoms with van der Waals surface area (Å²) in [4.78, 5) is 43.2. The fourth-order valence-electron chi connectivity index (χ4n) is 4.38. The van der Waals surface area contributed by atoms with E-state index >= 15 is 0 Å². The van der Waals surface area contributed by atoms with Crippen LogP contribution in [0.1, 0.15) is 18.4 Å². The summed E-state index contributed by atoms with van der Waals surface area (Å²) in [5.74, 6) is -0.988. The summed E-state index contributed by atoms with van der Waals surface area (Å²) in [7, 11) is 1.77. The molecule has 2 saturated heterocycles. The Labute approximate surface area is 152 Å². The summed E-state index contributed by atoms with van der Waals surface area (Å²) >= 11 is 0. The third-order valence-corrected chi connectivity index (χ3v) is 5.76. The van der Waals surface area contributed by atoms with Crippen LogP contribution in [0.4, 0.5) is 5.69 Å². The fourth-order valence-corrected chi connectivity index (χ4v) is 4.38. The molecule has 0 N–H and O–H groups in total. The number of likely N-dealkylation sites (tertiary alicyclic amines) is 1. The number of piperidine rings is 1. The fraction of sp³-hybridized carbons (Fsp3) is 0.526. The average Bonchev–Trinajstić information content (AvgIpc) is 2.90. The van der Waals surface area contributed by atoms with Crippen molar-refractivity contribution in [3.05, 3.63) is 29.8 Å². The standard InChI is InChI=1S/C19H23N3O4/c1-20-15-6-3-2-5-14(15)19(18(20)25)7-4-8-22(13-19)17(24)16(23)21-9-11-26-12-10-21/h2-3,5-6H,4,7-13H2,1H3/t19-/m1/s1. The van der Waals surface area contributed by atoms with E-state index in [0.29, 0.717) is 45.7 Å². The summed E-state index contributed by atoms with van der Waals surface area (Å²) in [6.07, 6.45) is 1.40. The van der Waals surface area contributed by atoms with Crippen molar-refractivity contribution in [2.45, 2.75) is 18.3 Å². The Balaban J connectivity index is 1.59. The second kappa shape index (κ2) is 6.39. The molecule has 0 radical (unpaired) electrons. The predicted molar refractivity (Wildman–Crippen MR) is 94.7 cm³/mol. The van der Waals surface area contributed by atoms with Crippen molar-refractivity contribution >= 4 is 23.4 Å². The highest BCUT2D eigenvalue weighted by Crippen LogP contribution is 2.46. The van der Waals surface area contributed by atoms with Crippen LogP contribution in [-0.2, 0) is 24.5 Å². The van der Waals surface area contributed by atoms with Gasteiger partial charge in [0, 0.05) is 38.9 Å². The number of nitrogens with zero attached hydrogens (tertiary/aromatic N) is 3. The smallest absolute Gasteiger partial charge is 0.312 e. The molecule has 0 unspecified atom stereocenters. The normalized spacial score (nSPS) is 25.6. The van der Waals surface area contributed by atoms with Gasteiger partial charge in [-0.25, -0.2) is 0 Å². The topological polar surface area (TPSA) is 70.2 Å². The summed E-state index contributed by atoms with van der Waals surface area (Å²) in [6.45, 7) is 2.57. The zero-order valence-corrected chi connectivity index (χ0v) is 14.9. The number of anilines is 1. The highest BCUT2D eigenvalue weighted by atomic mass is 16.5. The van der Waals surface area contributed by atoms with Gasteiger partial charge >= 0.3 is 11.8 Å². The Bertz CT molecular complexity index is 759. The van der Waals surface area contributed by atoms with E-state index in [-0.39, 0.29) is 12.5 Å². The highest BCUT2D eigenvalue weighted by molar-refractivity contribution is 6.35. The van der Waals surface area contributed by atoms with Crippen LogP contribution in [0.15, 0.2) is 24.3 Å². The third-order valence-electron chi connectivity index (χ3n) is 5.76. The first-order valence-electron chi connectivity index (χ1n) is 9.08. The minimum absolute atomic E-state index is 0.00928. The Morgan fingerprint density at radius 1 is 1.04 bits per heavy atom. The molecule has 1 aromatic carbocycles. The van der Waals surface area contributed by atoms with Gasteiger partial charge in [0.25, 0.3) is 0 Å². The van der Waals surface area contributed by atoms with Crippen molar-refractivity contribution in [2.75, 3.05) is 51.3 Å². The van der Waals surface area contributed by atoms with Crippen LogP contribution in [0.5, 0.6) is 0 Å². The molecule has 1 spiro atoms. The van der Waals surface area contributed by atoms with E-state index in [9.17, 15) is 14.4 Å². The molecule has 1 aromatic rings. The van der Waals surface area contributed by atoms with Gasteiger partial charge in [-0.1, -0.05) is 18.2 Å². The van der Waals surface area contributed by atoms with Gasteiger partial charge in [0.05, 0.1) is 18.6 Å². The van der Waals surface area contributed by atoms with E-state index in [1.807, 2.05) is 24.3 Å². The van der Waals surface area contributed by atoms with Gasteiger partial charge in [0.1, 0.15) is 0 Å². The summed E-state index contributed by atoms with van der Waals surface area (Å²) in [5.41, 5.74) is 1.12. The van der Waals surface area contributed by atoms with E-state index in [1.54, 1.807) is 21.7 Å². The van der Waals surface area contributed by atoms with Gasteiger partial charge in [-0.15, -0.1) is 0 Å². The molecule has 3 amide bonds. The number of hydrogen-bond acceptors (Lipinski definition) is 4. The lowest BCUT2D eigenvalue weighted by Crippen LogP contribution is -2.56. The van der Waals surface area contributed by atoms with Gasteiger partial charge in [0.2, 0.25) is 5.91 Å². The lowest BCUT2D eigenvalue weighted by atomic mass is 9.75. The van der Waals surface area contributed by atoms with Gasteiger partial charge in [-0.2, -0.15) is 0 Å². The maximum atomic E-state index is 13.1. The molecule has 0 aromatic heterocycles.